The number of alkyl halides is 4. The van der Waals surface area contributed by atoms with Crippen molar-refractivity contribution in [3.05, 3.63) is 0 Å². The monoisotopic (exact) mass is 322 g/mol. The van der Waals surface area contributed by atoms with E-state index in [9.17, 15) is 21.6 Å². The number of hydrogen-bond acceptors (Lipinski definition) is 2. The number of rotatable bonds is 5. The van der Waals surface area contributed by atoms with Crippen LogP contribution in [-0.4, -0.2) is 55.3 Å². The second-order valence-corrected chi connectivity index (χ2v) is 7.03. The van der Waals surface area contributed by atoms with Gasteiger partial charge in [0.1, 0.15) is 6.54 Å². The number of piperidine rings is 1. The van der Waals surface area contributed by atoms with Crippen molar-refractivity contribution in [1.29, 1.82) is 0 Å². The summed E-state index contributed by atoms with van der Waals surface area (Å²) in [6, 6.07) is 0. The van der Waals surface area contributed by atoms with Crippen LogP contribution in [0.4, 0.5) is 13.2 Å². The van der Waals surface area contributed by atoms with E-state index in [0.717, 1.165) is 4.31 Å². The molecule has 0 atom stereocenters. The summed E-state index contributed by atoms with van der Waals surface area (Å²) in [7, 11) is -4.08. The zero-order valence-corrected chi connectivity index (χ0v) is 12.2. The topological polar surface area (TPSA) is 40.6 Å². The van der Waals surface area contributed by atoms with E-state index in [1.807, 2.05) is 6.92 Å². The minimum Gasteiger partial charge on any atom is -0.195 e. The van der Waals surface area contributed by atoms with E-state index in [-0.39, 0.29) is 25.5 Å². The molecule has 0 unspecified atom stereocenters. The SMILES string of the molecule is CC1CCN(S(=O)(=O)N(CCCl)CC(F)(F)F)CC1. The van der Waals surface area contributed by atoms with E-state index in [2.05, 4.69) is 0 Å². The molecule has 1 aliphatic rings. The van der Waals surface area contributed by atoms with Gasteiger partial charge in [-0.15, -0.1) is 11.6 Å². The summed E-state index contributed by atoms with van der Waals surface area (Å²) >= 11 is 5.40. The molecule has 0 spiro atoms. The van der Waals surface area contributed by atoms with Gasteiger partial charge in [-0.3, -0.25) is 0 Å². The highest BCUT2D eigenvalue weighted by atomic mass is 35.5. The lowest BCUT2D eigenvalue weighted by molar-refractivity contribution is -0.136. The number of hydrogen-bond donors (Lipinski definition) is 0. The average molecular weight is 323 g/mol. The van der Waals surface area contributed by atoms with E-state index in [1.54, 1.807) is 0 Å². The molecule has 0 amide bonds. The van der Waals surface area contributed by atoms with Gasteiger partial charge in [0.15, 0.2) is 0 Å². The second kappa shape index (κ2) is 6.60. The molecule has 19 heavy (non-hydrogen) atoms. The highest BCUT2D eigenvalue weighted by Crippen LogP contribution is 2.24. The Kier molecular flexibility index (Phi) is 5.91. The summed E-state index contributed by atoms with van der Waals surface area (Å²) in [5.74, 6) is 0.232. The fourth-order valence-corrected chi connectivity index (χ4v) is 3.88. The van der Waals surface area contributed by atoms with Gasteiger partial charge in [-0.25, -0.2) is 0 Å². The van der Waals surface area contributed by atoms with Crippen LogP contribution in [0, 0.1) is 5.92 Å². The first-order valence-corrected chi connectivity index (χ1v) is 7.98. The van der Waals surface area contributed by atoms with Crippen molar-refractivity contribution < 1.29 is 21.6 Å². The maximum atomic E-state index is 12.4. The maximum Gasteiger partial charge on any atom is 0.402 e. The van der Waals surface area contributed by atoms with E-state index in [4.69, 9.17) is 11.6 Å². The van der Waals surface area contributed by atoms with Crippen LogP contribution in [0.5, 0.6) is 0 Å². The lowest BCUT2D eigenvalue weighted by atomic mass is 10.0. The molecule has 0 bridgehead atoms. The normalized spacial score (nSPS) is 20.1. The third kappa shape index (κ3) is 5.09. The van der Waals surface area contributed by atoms with Crippen molar-refractivity contribution in [3.8, 4) is 0 Å². The maximum absolute atomic E-state index is 12.4. The Balaban J connectivity index is 2.81. The Labute approximate surface area is 116 Å². The summed E-state index contributed by atoms with van der Waals surface area (Å²) in [5, 5.41) is 0. The highest BCUT2D eigenvalue weighted by molar-refractivity contribution is 7.86. The Morgan fingerprint density at radius 1 is 1.32 bits per heavy atom. The Bertz CT molecular complexity index is 381. The first kappa shape index (κ1) is 17.0. The van der Waals surface area contributed by atoms with Crippen LogP contribution >= 0.6 is 11.6 Å². The fraction of sp³-hybridized carbons (Fsp3) is 1.00. The van der Waals surface area contributed by atoms with Gasteiger partial charge in [-0.05, 0) is 18.8 Å². The van der Waals surface area contributed by atoms with Crippen molar-refractivity contribution in [3.63, 3.8) is 0 Å². The molecule has 9 heteroatoms. The van der Waals surface area contributed by atoms with E-state index in [0.29, 0.717) is 23.1 Å². The van der Waals surface area contributed by atoms with Crippen LogP contribution in [0.25, 0.3) is 0 Å². The molecule has 1 rings (SSSR count). The Morgan fingerprint density at radius 3 is 2.26 bits per heavy atom. The summed E-state index contributed by atoms with van der Waals surface area (Å²) in [5.41, 5.74) is 0. The average Bonchev–Trinajstić information content (AvgIpc) is 2.27. The van der Waals surface area contributed by atoms with Crippen LogP contribution in [0.2, 0.25) is 0 Å². The van der Waals surface area contributed by atoms with Crippen LogP contribution < -0.4 is 0 Å². The Morgan fingerprint density at radius 2 is 1.84 bits per heavy atom. The van der Waals surface area contributed by atoms with Gasteiger partial charge >= 0.3 is 6.18 Å². The van der Waals surface area contributed by atoms with Gasteiger partial charge in [0.05, 0.1) is 0 Å². The first-order chi connectivity index (χ1) is 8.66. The van der Waals surface area contributed by atoms with Crippen LogP contribution in [0.15, 0.2) is 0 Å². The van der Waals surface area contributed by atoms with Gasteiger partial charge in [0, 0.05) is 25.5 Å². The lowest BCUT2D eigenvalue weighted by Crippen LogP contribution is -2.50. The molecule has 1 fully saturated rings. The van der Waals surface area contributed by atoms with Crippen LogP contribution in [0.3, 0.4) is 0 Å². The highest BCUT2D eigenvalue weighted by Gasteiger charge is 2.39. The van der Waals surface area contributed by atoms with Crippen molar-refractivity contribution in [2.75, 3.05) is 32.1 Å². The van der Waals surface area contributed by atoms with Crippen molar-refractivity contribution in [1.82, 2.24) is 8.61 Å². The summed E-state index contributed by atoms with van der Waals surface area (Å²) in [6.07, 6.45) is -3.23. The molecule has 0 N–H and O–H groups in total. The molecule has 0 aromatic rings. The van der Waals surface area contributed by atoms with Crippen molar-refractivity contribution in [2.45, 2.75) is 25.9 Å². The minimum atomic E-state index is -4.57. The molecule has 0 aliphatic carbocycles. The molecule has 0 radical (unpaired) electrons. The van der Waals surface area contributed by atoms with Gasteiger partial charge < -0.3 is 0 Å². The van der Waals surface area contributed by atoms with Crippen molar-refractivity contribution in [2.24, 2.45) is 5.92 Å². The molecule has 114 valence electrons. The predicted molar refractivity (Wildman–Crippen MR) is 67.2 cm³/mol. The quantitative estimate of drug-likeness (QED) is 0.727. The largest absolute Gasteiger partial charge is 0.402 e. The van der Waals surface area contributed by atoms with Crippen molar-refractivity contribution >= 4 is 21.8 Å². The van der Waals surface area contributed by atoms with E-state index < -0.39 is 22.9 Å². The third-order valence-corrected chi connectivity index (χ3v) is 5.24. The minimum absolute atomic E-state index is 0.167. The molecule has 0 saturated carbocycles. The summed E-state index contributed by atoms with van der Waals surface area (Å²) in [4.78, 5) is 0. The predicted octanol–water partition coefficient (Wildman–Crippen LogP) is 2.07. The zero-order valence-electron chi connectivity index (χ0n) is 10.7. The lowest BCUT2D eigenvalue weighted by Gasteiger charge is -2.34. The molecular formula is C10H18ClF3N2O2S. The molecular weight excluding hydrogens is 305 g/mol. The van der Waals surface area contributed by atoms with Crippen LogP contribution in [0.1, 0.15) is 19.8 Å². The van der Waals surface area contributed by atoms with Gasteiger partial charge in [0.2, 0.25) is 0 Å². The number of halogens is 4. The fourth-order valence-electron chi connectivity index (χ4n) is 1.95. The zero-order chi connectivity index (χ0) is 14.7. The first-order valence-electron chi connectivity index (χ1n) is 6.05. The van der Waals surface area contributed by atoms with Gasteiger partial charge in [-0.1, -0.05) is 6.92 Å². The third-order valence-electron chi connectivity index (χ3n) is 3.08. The van der Waals surface area contributed by atoms with Crippen LogP contribution in [-0.2, 0) is 10.2 Å². The molecule has 1 aliphatic heterocycles. The molecule has 0 aromatic carbocycles. The smallest absolute Gasteiger partial charge is 0.195 e. The standard InChI is InChI=1S/C10H18ClF3N2O2S/c1-9-2-5-15(6-3-9)19(17,18)16(7-4-11)8-10(12,13)14/h9H,2-8H2,1H3. The second-order valence-electron chi connectivity index (χ2n) is 4.73. The molecule has 0 aromatic heterocycles. The van der Waals surface area contributed by atoms with E-state index in [1.165, 1.54) is 0 Å². The van der Waals surface area contributed by atoms with Gasteiger partial charge in [0.25, 0.3) is 10.2 Å². The Hall–Kier alpha value is -0.0500. The summed E-state index contributed by atoms with van der Waals surface area (Å²) < 4.78 is 63.1. The molecule has 4 nitrogen and oxygen atoms in total. The molecule has 1 heterocycles. The summed E-state index contributed by atoms with van der Waals surface area (Å²) in [6.45, 7) is 0.694. The van der Waals surface area contributed by atoms with E-state index >= 15 is 0 Å². The number of nitrogens with zero attached hydrogens (tertiary/aromatic N) is 2. The molecule has 1 saturated heterocycles. The van der Waals surface area contributed by atoms with Gasteiger partial charge in [-0.2, -0.15) is 30.2 Å².